The van der Waals surface area contributed by atoms with E-state index in [0.29, 0.717) is 11.9 Å². The number of aryl methyl sites for hydroxylation is 2. The summed E-state index contributed by atoms with van der Waals surface area (Å²) in [6.45, 7) is 18.4. The van der Waals surface area contributed by atoms with Gasteiger partial charge in [0.05, 0.1) is 0 Å². The van der Waals surface area contributed by atoms with Gasteiger partial charge in [0.1, 0.15) is 5.60 Å². The average molecular weight is 389 g/mol. The first-order valence-electron chi connectivity index (χ1n) is 11.2. The third-order valence-corrected chi connectivity index (χ3v) is 6.06. The van der Waals surface area contributed by atoms with Gasteiger partial charge in [-0.05, 0) is 113 Å². The Morgan fingerprint density at radius 3 is 2.04 bits per heavy atom. The van der Waals surface area contributed by atoms with Crippen molar-refractivity contribution in [3.8, 4) is 0 Å². The molecule has 0 aliphatic carbocycles. The Morgan fingerprint density at radius 2 is 1.43 bits per heavy atom. The molecule has 0 spiro atoms. The molecule has 0 unspecified atom stereocenters. The lowest BCUT2D eigenvalue weighted by Crippen LogP contribution is -2.23. The van der Waals surface area contributed by atoms with Crippen LogP contribution in [0.4, 0.5) is 0 Å². The highest BCUT2D eigenvalue weighted by Crippen LogP contribution is 2.27. The van der Waals surface area contributed by atoms with Crippen LogP contribution in [-0.4, -0.2) is 12.1 Å². The summed E-state index contributed by atoms with van der Waals surface area (Å²) in [6.07, 6.45) is 10.7. The molecule has 0 amide bonds. The molecule has 1 aromatic carbocycles. The maximum absolute atomic E-state index is 10.6. The van der Waals surface area contributed by atoms with Crippen LogP contribution in [0.25, 0.3) is 0 Å². The van der Waals surface area contributed by atoms with Crippen molar-refractivity contribution in [1.29, 1.82) is 0 Å². The zero-order valence-corrected chi connectivity index (χ0v) is 19.8. The number of hydrogen-bond acceptors (Lipinski definition) is 2. The van der Waals surface area contributed by atoms with Crippen LogP contribution < -0.4 is 0 Å². The van der Waals surface area contributed by atoms with Crippen LogP contribution in [0.5, 0.6) is 0 Å². The zero-order chi connectivity index (χ0) is 21.4. The summed E-state index contributed by atoms with van der Waals surface area (Å²) in [4.78, 5) is 10.6. The van der Waals surface area contributed by atoms with E-state index < -0.39 is 0 Å². The van der Waals surface area contributed by atoms with Gasteiger partial charge in [-0.1, -0.05) is 39.7 Å². The summed E-state index contributed by atoms with van der Waals surface area (Å²) < 4.78 is 5.17. The molecule has 1 rings (SSSR count). The van der Waals surface area contributed by atoms with Crippen LogP contribution in [0.3, 0.4) is 0 Å². The average Bonchev–Trinajstić information content (AvgIpc) is 2.57. The number of rotatable bonds is 12. The van der Waals surface area contributed by atoms with Crippen LogP contribution in [-0.2, 0) is 22.4 Å². The molecule has 0 saturated heterocycles. The summed E-state index contributed by atoms with van der Waals surface area (Å²) in [5.74, 6) is 0. The molecule has 0 saturated carbocycles. The fourth-order valence-corrected chi connectivity index (χ4v) is 4.01. The summed E-state index contributed by atoms with van der Waals surface area (Å²) in [6, 6.07) is 2.42. The van der Waals surface area contributed by atoms with E-state index in [1.807, 2.05) is 13.8 Å². The lowest BCUT2D eigenvalue weighted by molar-refractivity contribution is -0.140. The van der Waals surface area contributed by atoms with Crippen molar-refractivity contribution in [2.75, 3.05) is 0 Å². The van der Waals surface area contributed by atoms with Crippen molar-refractivity contribution in [3.63, 3.8) is 0 Å². The SMILES string of the molecule is Cc1cc(CCCCCC(C)(C)C)c(C)c(CCCCC(C)(C)OC=O)c1C. The van der Waals surface area contributed by atoms with Crippen molar-refractivity contribution >= 4 is 6.47 Å². The molecule has 0 atom stereocenters. The molecule has 160 valence electrons. The Balaban J connectivity index is 2.63. The molecule has 0 aliphatic rings. The van der Waals surface area contributed by atoms with Gasteiger partial charge in [-0.2, -0.15) is 0 Å². The fourth-order valence-electron chi connectivity index (χ4n) is 4.01. The predicted octanol–water partition coefficient (Wildman–Crippen LogP) is 7.43. The molecule has 0 aromatic heterocycles. The van der Waals surface area contributed by atoms with Gasteiger partial charge in [-0.15, -0.1) is 0 Å². The number of unbranched alkanes of at least 4 members (excludes halogenated alkanes) is 3. The van der Waals surface area contributed by atoms with E-state index >= 15 is 0 Å². The van der Waals surface area contributed by atoms with Crippen LogP contribution in [0.15, 0.2) is 6.07 Å². The van der Waals surface area contributed by atoms with E-state index in [1.165, 1.54) is 48.8 Å². The third-order valence-electron chi connectivity index (χ3n) is 6.06. The van der Waals surface area contributed by atoms with Crippen molar-refractivity contribution in [2.24, 2.45) is 5.41 Å². The topological polar surface area (TPSA) is 26.3 Å². The van der Waals surface area contributed by atoms with Gasteiger partial charge in [-0.25, -0.2) is 0 Å². The second kappa shape index (κ2) is 11.0. The zero-order valence-electron chi connectivity index (χ0n) is 19.8. The first-order valence-corrected chi connectivity index (χ1v) is 11.2. The molecule has 0 radical (unpaired) electrons. The molecular weight excluding hydrogens is 344 g/mol. The van der Waals surface area contributed by atoms with Gasteiger partial charge in [-0.3, -0.25) is 4.79 Å². The Labute approximate surface area is 174 Å². The molecule has 28 heavy (non-hydrogen) atoms. The quantitative estimate of drug-likeness (QED) is 0.275. The number of carbonyl (C=O) groups excluding carboxylic acids is 1. The van der Waals surface area contributed by atoms with Gasteiger partial charge in [0.15, 0.2) is 0 Å². The molecule has 0 bridgehead atoms. The predicted molar refractivity (Wildman–Crippen MR) is 121 cm³/mol. The summed E-state index contributed by atoms with van der Waals surface area (Å²) >= 11 is 0. The van der Waals surface area contributed by atoms with Gasteiger partial charge in [0.2, 0.25) is 0 Å². The highest BCUT2D eigenvalue weighted by atomic mass is 16.5. The third kappa shape index (κ3) is 8.80. The minimum absolute atomic E-state index is 0.351. The van der Waals surface area contributed by atoms with Crippen LogP contribution in [0.2, 0.25) is 0 Å². The lowest BCUT2D eigenvalue weighted by Gasteiger charge is -2.23. The molecule has 2 nitrogen and oxygen atoms in total. The van der Waals surface area contributed by atoms with Crippen molar-refractivity contribution in [2.45, 2.75) is 119 Å². The van der Waals surface area contributed by atoms with E-state index in [4.69, 9.17) is 4.74 Å². The van der Waals surface area contributed by atoms with Gasteiger partial charge < -0.3 is 4.74 Å². The molecule has 0 N–H and O–H groups in total. The first-order chi connectivity index (χ1) is 13.0. The molecule has 0 aliphatic heterocycles. The normalized spacial score (nSPS) is 12.3. The highest BCUT2D eigenvalue weighted by Gasteiger charge is 2.18. The van der Waals surface area contributed by atoms with E-state index in [1.54, 1.807) is 11.1 Å². The highest BCUT2D eigenvalue weighted by molar-refractivity contribution is 5.44. The largest absolute Gasteiger partial charge is 0.462 e. The number of carbonyl (C=O) groups is 1. The monoisotopic (exact) mass is 388 g/mol. The Hall–Kier alpha value is -1.31. The van der Waals surface area contributed by atoms with Crippen molar-refractivity contribution in [3.05, 3.63) is 33.9 Å². The lowest BCUT2D eigenvalue weighted by atomic mass is 9.87. The Bertz CT molecular complexity index is 620. The number of ether oxygens (including phenoxy) is 1. The first kappa shape index (κ1) is 24.7. The van der Waals surface area contributed by atoms with Crippen LogP contribution >= 0.6 is 0 Å². The van der Waals surface area contributed by atoms with E-state index in [9.17, 15) is 4.79 Å². The van der Waals surface area contributed by atoms with Crippen LogP contribution in [0, 0.1) is 26.2 Å². The smallest absolute Gasteiger partial charge is 0.293 e. The fraction of sp³-hybridized carbons (Fsp3) is 0.731. The van der Waals surface area contributed by atoms with Gasteiger partial charge in [0.25, 0.3) is 6.47 Å². The summed E-state index contributed by atoms with van der Waals surface area (Å²) in [5.41, 5.74) is 7.57. The number of benzene rings is 1. The second-order valence-corrected chi connectivity index (χ2v) is 10.4. The molecule has 0 fully saturated rings. The minimum atomic E-state index is -0.351. The number of hydrogen-bond donors (Lipinski definition) is 0. The Kier molecular flexibility index (Phi) is 9.74. The maximum atomic E-state index is 10.6. The molecule has 2 heteroatoms. The van der Waals surface area contributed by atoms with Gasteiger partial charge in [0, 0.05) is 0 Å². The van der Waals surface area contributed by atoms with Crippen LogP contribution in [0.1, 0.15) is 107 Å². The van der Waals surface area contributed by atoms with Crippen molar-refractivity contribution < 1.29 is 9.53 Å². The molecular formula is C26H44O2. The second-order valence-electron chi connectivity index (χ2n) is 10.4. The van der Waals surface area contributed by atoms with E-state index in [-0.39, 0.29) is 5.60 Å². The standard InChI is InChI=1S/C26H44O2/c1-20-18-23(14-10-9-12-16-25(4,5)6)22(3)24(21(20)2)15-11-13-17-26(7,8)28-19-27/h18-19H,9-17H2,1-8H3. The molecule has 0 heterocycles. The molecule has 1 aromatic rings. The minimum Gasteiger partial charge on any atom is -0.462 e. The summed E-state index contributed by atoms with van der Waals surface area (Å²) in [7, 11) is 0. The van der Waals surface area contributed by atoms with E-state index in [0.717, 1.165) is 25.7 Å². The van der Waals surface area contributed by atoms with E-state index in [2.05, 4.69) is 47.6 Å². The van der Waals surface area contributed by atoms with Gasteiger partial charge >= 0.3 is 0 Å². The summed E-state index contributed by atoms with van der Waals surface area (Å²) in [5, 5.41) is 0. The van der Waals surface area contributed by atoms with Crippen molar-refractivity contribution in [1.82, 2.24) is 0 Å². The maximum Gasteiger partial charge on any atom is 0.293 e. The Morgan fingerprint density at radius 1 is 0.821 bits per heavy atom.